The van der Waals surface area contributed by atoms with Gasteiger partial charge < -0.3 is 0 Å². The van der Waals surface area contributed by atoms with E-state index in [1.165, 1.54) is 21.7 Å². The molecular formula is C48H30N4. The number of nitrogens with zero attached hydrogens (tertiary/aromatic N) is 4. The van der Waals surface area contributed by atoms with Crippen LogP contribution in [0.5, 0.6) is 0 Å². The standard InChI is InChI=1S/C48H30N4/c49-31-32-11-8-18-40(29-32)47-50-46(37-26-24-36(25-27-37)42-20-9-17-34-15-6-7-19-41(34)42)51-48(52-47)44-22-10-21-43(35-13-2-1-3-14-35)45(44)39-28-23-33-12-4-5-16-38(33)30-39/h1-30H. The molecule has 0 aliphatic rings. The molecule has 4 heteroatoms. The fourth-order valence-electron chi connectivity index (χ4n) is 7.01. The van der Waals surface area contributed by atoms with Gasteiger partial charge in [0.25, 0.3) is 0 Å². The van der Waals surface area contributed by atoms with Gasteiger partial charge in [0.05, 0.1) is 11.6 Å². The molecule has 242 valence electrons. The number of aromatic nitrogens is 3. The van der Waals surface area contributed by atoms with Gasteiger partial charge in [-0.1, -0.05) is 164 Å². The first-order chi connectivity index (χ1) is 25.7. The van der Waals surface area contributed by atoms with E-state index < -0.39 is 0 Å². The highest BCUT2D eigenvalue weighted by Gasteiger charge is 2.19. The molecule has 0 atom stereocenters. The molecule has 0 unspecified atom stereocenters. The van der Waals surface area contributed by atoms with Gasteiger partial charge in [-0.05, 0) is 67.6 Å². The Morgan fingerprint density at radius 2 is 0.904 bits per heavy atom. The lowest BCUT2D eigenvalue weighted by atomic mass is 9.89. The topological polar surface area (TPSA) is 62.5 Å². The van der Waals surface area contributed by atoms with E-state index in [2.05, 4.69) is 158 Å². The van der Waals surface area contributed by atoms with Crippen molar-refractivity contribution in [1.29, 1.82) is 5.26 Å². The largest absolute Gasteiger partial charge is 0.208 e. The highest BCUT2D eigenvalue weighted by molar-refractivity contribution is 5.98. The van der Waals surface area contributed by atoms with E-state index in [-0.39, 0.29) is 0 Å². The van der Waals surface area contributed by atoms with Crippen molar-refractivity contribution >= 4 is 21.5 Å². The van der Waals surface area contributed by atoms with E-state index in [0.29, 0.717) is 23.0 Å². The summed E-state index contributed by atoms with van der Waals surface area (Å²) in [6, 6.07) is 64.7. The monoisotopic (exact) mass is 662 g/mol. The Morgan fingerprint density at radius 1 is 0.346 bits per heavy atom. The zero-order valence-electron chi connectivity index (χ0n) is 28.1. The first kappa shape index (κ1) is 30.8. The van der Waals surface area contributed by atoms with E-state index in [1.54, 1.807) is 6.07 Å². The van der Waals surface area contributed by atoms with E-state index in [0.717, 1.165) is 49.9 Å². The molecule has 0 N–H and O–H groups in total. The minimum absolute atomic E-state index is 0.504. The predicted octanol–water partition coefficient (Wildman–Crippen LogP) is 12.1. The number of benzene rings is 8. The number of hydrogen-bond acceptors (Lipinski definition) is 4. The zero-order valence-corrected chi connectivity index (χ0v) is 28.1. The van der Waals surface area contributed by atoms with Gasteiger partial charge in [-0.3, -0.25) is 0 Å². The normalized spacial score (nSPS) is 11.1. The average Bonchev–Trinajstić information content (AvgIpc) is 3.23. The fraction of sp³-hybridized carbons (Fsp3) is 0. The third-order valence-corrected chi connectivity index (χ3v) is 9.56. The SMILES string of the molecule is N#Cc1cccc(-c2nc(-c3ccc(-c4cccc5ccccc45)cc3)nc(-c3cccc(-c4ccccc4)c3-c3ccc4ccccc4c3)n2)c1. The van der Waals surface area contributed by atoms with Gasteiger partial charge in [-0.2, -0.15) is 5.26 Å². The summed E-state index contributed by atoms with van der Waals surface area (Å²) in [7, 11) is 0. The molecule has 0 aliphatic heterocycles. The molecule has 0 fully saturated rings. The summed E-state index contributed by atoms with van der Waals surface area (Å²) in [4.78, 5) is 15.3. The summed E-state index contributed by atoms with van der Waals surface area (Å²) in [5, 5.41) is 14.5. The summed E-state index contributed by atoms with van der Waals surface area (Å²) >= 11 is 0. The highest BCUT2D eigenvalue weighted by atomic mass is 15.0. The van der Waals surface area contributed by atoms with Gasteiger partial charge in [-0.25, -0.2) is 15.0 Å². The molecule has 1 heterocycles. The van der Waals surface area contributed by atoms with Gasteiger partial charge in [0.15, 0.2) is 17.5 Å². The molecule has 0 aliphatic carbocycles. The molecule has 52 heavy (non-hydrogen) atoms. The first-order valence-electron chi connectivity index (χ1n) is 17.2. The number of fused-ring (bicyclic) bond motifs is 2. The van der Waals surface area contributed by atoms with E-state index in [4.69, 9.17) is 15.0 Å². The van der Waals surface area contributed by atoms with Gasteiger partial charge in [0.2, 0.25) is 0 Å². The minimum Gasteiger partial charge on any atom is -0.208 e. The van der Waals surface area contributed by atoms with Crippen LogP contribution in [0, 0.1) is 11.3 Å². The smallest absolute Gasteiger partial charge is 0.164 e. The highest BCUT2D eigenvalue weighted by Crippen LogP contribution is 2.41. The van der Waals surface area contributed by atoms with Crippen LogP contribution in [0.15, 0.2) is 182 Å². The summed E-state index contributed by atoms with van der Waals surface area (Å²) in [5.41, 5.74) is 9.66. The van der Waals surface area contributed by atoms with Crippen LogP contribution >= 0.6 is 0 Å². The van der Waals surface area contributed by atoms with E-state index in [9.17, 15) is 5.26 Å². The molecule has 0 saturated carbocycles. The maximum Gasteiger partial charge on any atom is 0.164 e. The van der Waals surface area contributed by atoms with Crippen molar-refractivity contribution in [3.8, 4) is 73.6 Å². The van der Waals surface area contributed by atoms with Crippen molar-refractivity contribution in [2.75, 3.05) is 0 Å². The molecule has 0 spiro atoms. The molecule has 1 aromatic heterocycles. The third-order valence-electron chi connectivity index (χ3n) is 9.56. The molecule has 9 rings (SSSR count). The maximum absolute atomic E-state index is 9.73. The Balaban J connectivity index is 1.25. The number of nitriles is 1. The van der Waals surface area contributed by atoms with Crippen LogP contribution in [0.2, 0.25) is 0 Å². The Kier molecular flexibility index (Phi) is 7.85. The quantitative estimate of drug-likeness (QED) is 0.178. The van der Waals surface area contributed by atoms with Crippen LogP contribution < -0.4 is 0 Å². The number of rotatable bonds is 6. The molecule has 4 nitrogen and oxygen atoms in total. The second kappa shape index (κ2) is 13.2. The Morgan fingerprint density at radius 3 is 1.73 bits per heavy atom. The summed E-state index contributed by atoms with van der Waals surface area (Å²) in [6.45, 7) is 0. The van der Waals surface area contributed by atoms with Crippen molar-refractivity contribution in [3.63, 3.8) is 0 Å². The lowest BCUT2D eigenvalue weighted by Crippen LogP contribution is -2.02. The predicted molar refractivity (Wildman–Crippen MR) is 212 cm³/mol. The van der Waals surface area contributed by atoms with E-state index >= 15 is 0 Å². The van der Waals surface area contributed by atoms with Gasteiger partial charge in [0, 0.05) is 22.3 Å². The zero-order chi connectivity index (χ0) is 34.9. The Bertz CT molecular complexity index is 2790. The van der Waals surface area contributed by atoms with Crippen LogP contribution in [0.4, 0.5) is 0 Å². The Labute approximate surface area is 302 Å². The van der Waals surface area contributed by atoms with Crippen LogP contribution in [0.1, 0.15) is 5.56 Å². The van der Waals surface area contributed by atoms with Crippen molar-refractivity contribution < 1.29 is 0 Å². The van der Waals surface area contributed by atoms with Crippen LogP contribution in [0.3, 0.4) is 0 Å². The summed E-state index contributed by atoms with van der Waals surface area (Å²) < 4.78 is 0. The maximum atomic E-state index is 9.73. The summed E-state index contributed by atoms with van der Waals surface area (Å²) in [5.74, 6) is 1.62. The lowest BCUT2D eigenvalue weighted by molar-refractivity contribution is 1.07. The lowest BCUT2D eigenvalue weighted by Gasteiger charge is -2.17. The fourth-order valence-corrected chi connectivity index (χ4v) is 7.01. The average molecular weight is 663 g/mol. The van der Waals surface area contributed by atoms with Crippen molar-refractivity contribution in [1.82, 2.24) is 15.0 Å². The minimum atomic E-state index is 0.504. The molecule has 8 aromatic carbocycles. The molecule has 0 radical (unpaired) electrons. The number of hydrogen-bond donors (Lipinski definition) is 0. The summed E-state index contributed by atoms with van der Waals surface area (Å²) in [6.07, 6.45) is 0. The van der Waals surface area contributed by atoms with Gasteiger partial charge in [0.1, 0.15) is 0 Å². The second-order valence-corrected chi connectivity index (χ2v) is 12.8. The van der Waals surface area contributed by atoms with Crippen LogP contribution in [0.25, 0.3) is 89.1 Å². The van der Waals surface area contributed by atoms with Crippen molar-refractivity contribution in [2.45, 2.75) is 0 Å². The molecule has 9 aromatic rings. The van der Waals surface area contributed by atoms with Crippen molar-refractivity contribution in [2.24, 2.45) is 0 Å². The Hall–Kier alpha value is -7.22. The van der Waals surface area contributed by atoms with Gasteiger partial charge >= 0.3 is 0 Å². The molecule has 0 saturated heterocycles. The second-order valence-electron chi connectivity index (χ2n) is 12.8. The first-order valence-corrected chi connectivity index (χ1v) is 17.2. The molecular weight excluding hydrogens is 633 g/mol. The molecule has 0 amide bonds. The molecule has 0 bridgehead atoms. The third kappa shape index (κ3) is 5.77. The van der Waals surface area contributed by atoms with Crippen molar-refractivity contribution in [3.05, 3.63) is 188 Å². The van der Waals surface area contributed by atoms with Gasteiger partial charge in [-0.15, -0.1) is 0 Å². The van der Waals surface area contributed by atoms with Crippen LogP contribution in [-0.2, 0) is 0 Å². The van der Waals surface area contributed by atoms with Crippen LogP contribution in [-0.4, -0.2) is 15.0 Å². The van der Waals surface area contributed by atoms with E-state index in [1.807, 2.05) is 24.3 Å².